The lowest BCUT2D eigenvalue weighted by Crippen LogP contribution is -2.45. The summed E-state index contributed by atoms with van der Waals surface area (Å²) in [6.07, 6.45) is 3.63. The molecule has 33 heavy (non-hydrogen) atoms. The molecule has 0 bridgehead atoms. The Labute approximate surface area is 200 Å². The second kappa shape index (κ2) is 11.0. The number of likely N-dealkylation sites (tertiary alicyclic amines) is 1. The van der Waals surface area contributed by atoms with E-state index in [1.54, 1.807) is 31.4 Å². The summed E-state index contributed by atoms with van der Waals surface area (Å²) < 4.78 is 5.25. The van der Waals surface area contributed by atoms with Gasteiger partial charge in [0.2, 0.25) is 5.91 Å². The number of nitrogens with one attached hydrogen (secondary N) is 1. The molecule has 0 saturated carbocycles. The zero-order valence-corrected chi connectivity index (χ0v) is 19.9. The van der Waals surface area contributed by atoms with Gasteiger partial charge in [-0.05, 0) is 55.7 Å². The molecule has 2 saturated heterocycles. The molecule has 1 N–H and O–H groups in total. The molecule has 0 aromatic heterocycles. The number of hydrogen-bond donors (Lipinski definition) is 1. The third-order valence-electron chi connectivity index (χ3n) is 6.73. The Balaban J connectivity index is 1.18. The van der Waals surface area contributed by atoms with Crippen molar-refractivity contribution in [2.45, 2.75) is 44.2 Å². The number of rotatable bonds is 8. The van der Waals surface area contributed by atoms with Gasteiger partial charge in [0, 0.05) is 67.4 Å². The first-order chi connectivity index (χ1) is 16.0. The molecule has 2 aromatic carbocycles. The van der Waals surface area contributed by atoms with Gasteiger partial charge in [-0.25, -0.2) is 0 Å². The molecule has 2 fully saturated rings. The molecule has 2 heterocycles. The number of benzene rings is 2. The Hall–Kier alpha value is -2.57. The molecule has 0 aliphatic carbocycles. The fourth-order valence-electron chi connectivity index (χ4n) is 4.85. The fraction of sp³-hybridized carbons (Fsp3) is 0.462. The summed E-state index contributed by atoms with van der Waals surface area (Å²) in [6, 6.07) is 15.9. The van der Waals surface area contributed by atoms with E-state index in [1.165, 1.54) is 5.69 Å². The molecule has 4 rings (SSSR count). The lowest BCUT2D eigenvalue weighted by molar-refractivity contribution is -0.121. The van der Waals surface area contributed by atoms with E-state index in [0.29, 0.717) is 16.6 Å². The van der Waals surface area contributed by atoms with Crippen molar-refractivity contribution in [1.29, 1.82) is 0 Å². The second-order valence-electron chi connectivity index (χ2n) is 8.90. The van der Waals surface area contributed by atoms with Crippen molar-refractivity contribution in [2.24, 2.45) is 0 Å². The van der Waals surface area contributed by atoms with Crippen LogP contribution in [-0.4, -0.2) is 62.0 Å². The minimum absolute atomic E-state index is 0.0495. The molecule has 2 aliphatic rings. The van der Waals surface area contributed by atoms with Crippen LogP contribution in [0, 0.1) is 0 Å². The minimum atomic E-state index is -0.0516. The number of nitrogens with zero attached hydrogens (tertiary/aromatic N) is 2. The van der Waals surface area contributed by atoms with E-state index in [4.69, 9.17) is 16.3 Å². The van der Waals surface area contributed by atoms with Crippen LogP contribution < -0.4 is 15.0 Å². The van der Waals surface area contributed by atoms with Crippen LogP contribution in [0.1, 0.15) is 42.5 Å². The molecule has 0 spiro atoms. The number of halogens is 1. The van der Waals surface area contributed by atoms with E-state index in [2.05, 4.69) is 27.2 Å². The van der Waals surface area contributed by atoms with E-state index in [9.17, 15) is 9.59 Å². The fourth-order valence-corrected chi connectivity index (χ4v) is 5.04. The first kappa shape index (κ1) is 23.6. The smallest absolute Gasteiger partial charge is 0.220 e. The van der Waals surface area contributed by atoms with Gasteiger partial charge < -0.3 is 15.0 Å². The molecule has 1 amide bonds. The number of carbonyl (C=O) groups is 2. The third kappa shape index (κ3) is 6.27. The van der Waals surface area contributed by atoms with E-state index in [-0.39, 0.29) is 30.6 Å². The molecule has 2 aliphatic heterocycles. The van der Waals surface area contributed by atoms with Crippen molar-refractivity contribution in [3.63, 3.8) is 0 Å². The number of piperidine rings is 1. The van der Waals surface area contributed by atoms with Gasteiger partial charge in [0.15, 0.2) is 5.78 Å². The zero-order valence-electron chi connectivity index (χ0n) is 19.1. The highest BCUT2D eigenvalue weighted by Crippen LogP contribution is 2.26. The summed E-state index contributed by atoms with van der Waals surface area (Å²) >= 11 is 5.95. The van der Waals surface area contributed by atoms with E-state index < -0.39 is 0 Å². The van der Waals surface area contributed by atoms with Crippen molar-refractivity contribution in [2.75, 3.05) is 38.2 Å². The highest BCUT2D eigenvalue weighted by molar-refractivity contribution is 6.31. The van der Waals surface area contributed by atoms with Crippen LogP contribution in [0.15, 0.2) is 48.5 Å². The number of anilines is 1. The second-order valence-corrected chi connectivity index (χ2v) is 9.33. The van der Waals surface area contributed by atoms with E-state index >= 15 is 0 Å². The van der Waals surface area contributed by atoms with Crippen LogP contribution in [0.3, 0.4) is 0 Å². The molecule has 7 heteroatoms. The first-order valence-electron chi connectivity index (χ1n) is 11.7. The van der Waals surface area contributed by atoms with E-state index in [0.717, 1.165) is 51.2 Å². The topological polar surface area (TPSA) is 61.9 Å². The van der Waals surface area contributed by atoms with Crippen molar-refractivity contribution in [3.05, 3.63) is 59.1 Å². The van der Waals surface area contributed by atoms with Crippen LogP contribution in [0.2, 0.25) is 5.02 Å². The number of carbonyl (C=O) groups excluding carboxylic acids is 2. The Morgan fingerprint density at radius 3 is 2.48 bits per heavy atom. The van der Waals surface area contributed by atoms with E-state index in [1.807, 2.05) is 12.1 Å². The number of methoxy groups -OCH3 is 1. The predicted octanol–water partition coefficient (Wildman–Crippen LogP) is 4.17. The van der Waals surface area contributed by atoms with Crippen LogP contribution in [0.5, 0.6) is 5.75 Å². The minimum Gasteiger partial charge on any atom is -0.497 e. The largest absolute Gasteiger partial charge is 0.497 e. The normalized spacial score (nSPS) is 19.5. The third-order valence-corrected chi connectivity index (χ3v) is 6.96. The van der Waals surface area contributed by atoms with Crippen LogP contribution in [-0.2, 0) is 4.79 Å². The quantitative estimate of drug-likeness (QED) is 0.588. The van der Waals surface area contributed by atoms with Gasteiger partial charge in [-0.15, -0.1) is 0 Å². The van der Waals surface area contributed by atoms with Crippen molar-refractivity contribution >= 4 is 29.0 Å². The average molecular weight is 470 g/mol. The number of amides is 1. The Morgan fingerprint density at radius 2 is 1.79 bits per heavy atom. The summed E-state index contributed by atoms with van der Waals surface area (Å²) in [5.41, 5.74) is 1.80. The standard InChI is InChI=1S/C26H32ClN3O3/c1-33-24-7-5-22(6-8-24)29-15-12-23(13-16-29)30-14-11-21(18-30)28-26(32)10-9-25(31)19-3-2-4-20(27)17-19/h2-8,17,21,23H,9-16,18H2,1H3,(H,28,32)/t21-/m1/s1. The maximum absolute atomic E-state index is 12.4. The lowest BCUT2D eigenvalue weighted by atomic mass is 10.0. The van der Waals surface area contributed by atoms with Gasteiger partial charge in [-0.2, -0.15) is 0 Å². The van der Waals surface area contributed by atoms with Crippen molar-refractivity contribution in [3.8, 4) is 5.75 Å². The van der Waals surface area contributed by atoms with Gasteiger partial charge in [0.05, 0.1) is 7.11 Å². The molecule has 6 nitrogen and oxygen atoms in total. The number of hydrogen-bond acceptors (Lipinski definition) is 5. The van der Waals surface area contributed by atoms with Crippen molar-refractivity contribution in [1.82, 2.24) is 10.2 Å². The van der Waals surface area contributed by atoms with Gasteiger partial charge >= 0.3 is 0 Å². The average Bonchev–Trinajstić information content (AvgIpc) is 3.31. The summed E-state index contributed by atoms with van der Waals surface area (Å²) in [4.78, 5) is 29.7. The Bertz CT molecular complexity index is 958. The first-order valence-corrected chi connectivity index (χ1v) is 12.1. The molecule has 2 aromatic rings. The number of Topliss-reactive ketones (excluding diaryl/α,β-unsaturated/α-hetero) is 1. The highest BCUT2D eigenvalue weighted by atomic mass is 35.5. The lowest BCUT2D eigenvalue weighted by Gasteiger charge is -2.38. The van der Waals surface area contributed by atoms with Gasteiger partial charge in [-0.3, -0.25) is 14.5 Å². The van der Waals surface area contributed by atoms with Crippen LogP contribution >= 0.6 is 11.6 Å². The molecule has 176 valence electrons. The van der Waals surface area contributed by atoms with Crippen LogP contribution in [0.4, 0.5) is 5.69 Å². The maximum atomic E-state index is 12.4. The zero-order chi connectivity index (χ0) is 23.2. The van der Waals surface area contributed by atoms with Gasteiger partial charge in [0.1, 0.15) is 5.75 Å². The number of ether oxygens (including phenoxy) is 1. The molecular formula is C26H32ClN3O3. The predicted molar refractivity (Wildman–Crippen MR) is 131 cm³/mol. The summed E-state index contributed by atoms with van der Waals surface area (Å²) in [5.74, 6) is 0.781. The van der Waals surface area contributed by atoms with Gasteiger partial charge in [0.25, 0.3) is 0 Å². The SMILES string of the molecule is COc1ccc(N2CCC(N3CC[C@@H](NC(=O)CCC(=O)c4cccc(Cl)c4)C3)CC2)cc1. The molecular weight excluding hydrogens is 438 g/mol. The number of ketones is 1. The summed E-state index contributed by atoms with van der Waals surface area (Å²) in [5, 5.41) is 3.66. The van der Waals surface area contributed by atoms with Gasteiger partial charge in [-0.1, -0.05) is 23.7 Å². The highest BCUT2D eigenvalue weighted by Gasteiger charge is 2.31. The summed E-state index contributed by atoms with van der Waals surface area (Å²) in [6.45, 7) is 3.98. The molecule has 1 atom stereocenters. The molecule has 0 radical (unpaired) electrons. The van der Waals surface area contributed by atoms with Crippen molar-refractivity contribution < 1.29 is 14.3 Å². The Morgan fingerprint density at radius 1 is 1.03 bits per heavy atom. The maximum Gasteiger partial charge on any atom is 0.220 e. The Kier molecular flexibility index (Phi) is 7.89. The summed E-state index contributed by atoms with van der Waals surface area (Å²) in [7, 11) is 1.69. The molecule has 0 unspecified atom stereocenters. The van der Waals surface area contributed by atoms with Crippen LogP contribution in [0.25, 0.3) is 0 Å². The monoisotopic (exact) mass is 469 g/mol.